The van der Waals surface area contributed by atoms with Gasteiger partial charge in [0.1, 0.15) is 0 Å². The van der Waals surface area contributed by atoms with Gasteiger partial charge in [0.15, 0.2) is 0 Å². The summed E-state index contributed by atoms with van der Waals surface area (Å²) in [6.07, 6.45) is 5.42. The zero-order chi connectivity index (χ0) is 25.7. The van der Waals surface area contributed by atoms with Gasteiger partial charge in [-0.1, -0.05) is 32.9 Å². The van der Waals surface area contributed by atoms with Crippen LogP contribution < -0.4 is 21.7 Å². The van der Waals surface area contributed by atoms with Crippen molar-refractivity contribution in [2.24, 2.45) is 10.7 Å². The molecule has 2 aromatic heterocycles. The molecule has 0 aliphatic carbocycles. The van der Waals surface area contributed by atoms with Gasteiger partial charge >= 0.3 is 11.8 Å². The first kappa shape index (κ1) is 25.0. The van der Waals surface area contributed by atoms with E-state index in [1.807, 2.05) is 39.0 Å². The number of allylic oxidation sites excluding steroid dienone is 1. The summed E-state index contributed by atoms with van der Waals surface area (Å²) < 4.78 is 5.62. The van der Waals surface area contributed by atoms with E-state index in [2.05, 4.69) is 47.2 Å². The highest BCUT2D eigenvalue weighted by molar-refractivity contribution is 5.89. The number of carbonyl (C=O) groups excluding carboxylic acids is 1. The number of hydrogen-bond donors (Lipinski definition) is 4. The second-order valence-corrected chi connectivity index (χ2v) is 9.47. The highest BCUT2D eigenvalue weighted by Gasteiger charge is 2.27. The normalized spacial score (nSPS) is 16.4. The quantitative estimate of drug-likeness (QED) is 0.382. The van der Waals surface area contributed by atoms with E-state index in [1.54, 1.807) is 19.5 Å². The van der Waals surface area contributed by atoms with Gasteiger partial charge in [0.05, 0.1) is 17.4 Å². The van der Waals surface area contributed by atoms with Crippen molar-refractivity contribution in [2.75, 3.05) is 18.9 Å². The zero-order valence-corrected chi connectivity index (χ0v) is 20.9. The molecule has 3 aromatic rings. The molecule has 1 aliphatic rings. The Balaban J connectivity index is 1.56. The molecule has 1 aliphatic heterocycles. The zero-order valence-electron chi connectivity index (χ0n) is 20.9. The van der Waals surface area contributed by atoms with Crippen molar-refractivity contribution in [3.63, 3.8) is 0 Å². The summed E-state index contributed by atoms with van der Waals surface area (Å²) in [6, 6.07) is 7.75. The summed E-state index contributed by atoms with van der Waals surface area (Å²) in [6.45, 7) is 7.29. The van der Waals surface area contributed by atoms with Crippen molar-refractivity contribution in [2.45, 2.75) is 45.2 Å². The monoisotopic (exact) mass is 489 g/mol. The summed E-state index contributed by atoms with van der Waals surface area (Å²) in [5, 5.41) is 17.5. The molecular weight excluding hydrogens is 458 g/mol. The minimum Gasteiger partial charge on any atom is -0.416 e. The lowest BCUT2D eigenvalue weighted by molar-refractivity contribution is 0.0896. The van der Waals surface area contributed by atoms with Crippen LogP contribution in [-0.2, 0) is 12.0 Å². The summed E-state index contributed by atoms with van der Waals surface area (Å²) in [7, 11) is 1.66. The summed E-state index contributed by atoms with van der Waals surface area (Å²) in [5.41, 5.74) is 9.69. The second-order valence-electron chi connectivity index (χ2n) is 9.47. The van der Waals surface area contributed by atoms with Crippen molar-refractivity contribution in [1.82, 2.24) is 30.8 Å². The molecule has 11 heteroatoms. The van der Waals surface area contributed by atoms with Gasteiger partial charge in [-0.25, -0.2) is 9.97 Å². The number of nitrogens with two attached hydrogens (primary N) is 1. The fourth-order valence-electron chi connectivity index (χ4n) is 3.84. The number of nitrogens with zero attached hydrogens (tertiary/aromatic N) is 5. The molecule has 0 fully saturated rings. The lowest BCUT2D eigenvalue weighted by Crippen LogP contribution is -2.30. The molecule has 0 spiro atoms. The second kappa shape index (κ2) is 10.6. The highest BCUT2D eigenvalue weighted by Crippen LogP contribution is 2.29. The summed E-state index contributed by atoms with van der Waals surface area (Å²) >= 11 is 0. The summed E-state index contributed by atoms with van der Waals surface area (Å²) in [5.74, 6) is 0.424. The minimum absolute atomic E-state index is 0.0321. The Morgan fingerprint density at radius 3 is 2.83 bits per heavy atom. The molecule has 3 heterocycles. The van der Waals surface area contributed by atoms with Crippen LogP contribution in [0.4, 0.5) is 5.95 Å². The number of rotatable bonds is 6. The standard InChI is InChI=1S/C25H31N9O2/c1-25(2,3)23-34-33-22(36-23)21(35)31-20-7-9-28-13-16-11-15(5-6-18(16)20)19-8-10-29-24(32-19)30-17(12-26)14-27-4/h5-6,8,10-12,14,20,28H,7,9,13,26H2,1-4H3,(H,31,35)(H,29,30,32)/t20-/m1/s1. The van der Waals surface area contributed by atoms with Crippen LogP contribution in [-0.4, -0.2) is 45.9 Å². The Hall–Kier alpha value is -4.12. The molecule has 36 heavy (non-hydrogen) atoms. The third-order valence-corrected chi connectivity index (χ3v) is 5.67. The maximum absolute atomic E-state index is 12.9. The van der Waals surface area contributed by atoms with Crippen LogP contribution in [0, 0.1) is 0 Å². The van der Waals surface area contributed by atoms with Crippen LogP contribution in [0.25, 0.3) is 11.3 Å². The lowest BCUT2D eigenvalue weighted by atomic mass is 9.96. The van der Waals surface area contributed by atoms with Crippen LogP contribution in [0.2, 0.25) is 0 Å². The first-order valence-corrected chi connectivity index (χ1v) is 11.7. The van der Waals surface area contributed by atoms with Crippen molar-refractivity contribution in [3.8, 4) is 11.3 Å². The van der Waals surface area contributed by atoms with E-state index >= 15 is 0 Å². The molecule has 188 valence electrons. The Morgan fingerprint density at radius 1 is 1.28 bits per heavy atom. The number of fused-ring (bicyclic) bond motifs is 1. The Labute approximate surface area is 209 Å². The van der Waals surface area contributed by atoms with Crippen LogP contribution >= 0.6 is 0 Å². The molecule has 0 bridgehead atoms. The molecular formula is C25H31N9O2. The Kier molecular flexibility index (Phi) is 7.39. The van der Waals surface area contributed by atoms with Crippen molar-refractivity contribution in [3.05, 3.63) is 65.3 Å². The number of aliphatic imine (C=N–C) groups is 1. The minimum atomic E-state index is -0.383. The average molecular weight is 490 g/mol. The fraction of sp³-hybridized carbons (Fsp3) is 0.360. The molecule has 1 amide bonds. The number of anilines is 1. The van der Waals surface area contributed by atoms with E-state index in [0.29, 0.717) is 24.1 Å². The molecule has 0 saturated carbocycles. The fourth-order valence-corrected chi connectivity index (χ4v) is 3.84. The molecule has 11 nitrogen and oxygen atoms in total. The van der Waals surface area contributed by atoms with E-state index < -0.39 is 0 Å². The predicted octanol–water partition coefficient (Wildman–Crippen LogP) is 2.70. The van der Waals surface area contributed by atoms with Crippen molar-refractivity contribution < 1.29 is 9.21 Å². The van der Waals surface area contributed by atoms with Gasteiger partial charge in [-0.3, -0.25) is 9.79 Å². The first-order valence-electron chi connectivity index (χ1n) is 11.7. The van der Waals surface area contributed by atoms with Crippen molar-refractivity contribution >= 4 is 18.1 Å². The number of hydrogen-bond acceptors (Lipinski definition) is 10. The number of aromatic nitrogens is 4. The molecule has 0 unspecified atom stereocenters. The van der Waals surface area contributed by atoms with E-state index in [4.69, 9.17) is 10.2 Å². The van der Waals surface area contributed by atoms with E-state index in [0.717, 1.165) is 35.3 Å². The van der Waals surface area contributed by atoms with Gasteiger partial charge in [0.2, 0.25) is 11.8 Å². The topological polar surface area (TPSA) is 156 Å². The number of amides is 1. The van der Waals surface area contributed by atoms with Gasteiger partial charge in [0.25, 0.3) is 0 Å². The van der Waals surface area contributed by atoms with E-state index in [1.165, 1.54) is 6.20 Å². The number of nitrogens with one attached hydrogen (secondary N) is 3. The maximum Gasteiger partial charge on any atom is 0.309 e. The van der Waals surface area contributed by atoms with E-state index in [9.17, 15) is 4.79 Å². The molecule has 4 rings (SSSR count). The first-order chi connectivity index (χ1) is 17.3. The predicted molar refractivity (Wildman–Crippen MR) is 137 cm³/mol. The molecule has 5 N–H and O–H groups in total. The van der Waals surface area contributed by atoms with E-state index in [-0.39, 0.29) is 23.3 Å². The smallest absolute Gasteiger partial charge is 0.309 e. The van der Waals surface area contributed by atoms with Crippen LogP contribution in [0.1, 0.15) is 60.9 Å². The average Bonchev–Trinajstić information content (AvgIpc) is 3.29. The van der Waals surface area contributed by atoms with Crippen LogP contribution in [0.15, 0.2) is 51.8 Å². The van der Waals surface area contributed by atoms with Gasteiger partial charge in [0, 0.05) is 43.2 Å². The van der Waals surface area contributed by atoms with Crippen LogP contribution in [0.5, 0.6) is 0 Å². The van der Waals surface area contributed by atoms with Crippen molar-refractivity contribution in [1.29, 1.82) is 0 Å². The van der Waals surface area contributed by atoms with Crippen LogP contribution in [0.3, 0.4) is 0 Å². The maximum atomic E-state index is 12.9. The molecule has 1 aromatic carbocycles. The third-order valence-electron chi connectivity index (χ3n) is 5.67. The number of carbonyl (C=O) groups is 1. The van der Waals surface area contributed by atoms with Gasteiger partial charge in [-0.2, -0.15) is 0 Å². The van der Waals surface area contributed by atoms with Gasteiger partial charge in [-0.15, -0.1) is 10.2 Å². The summed E-state index contributed by atoms with van der Waals surface area (Å²) in [4.78, 5) is 25.7. The largest absolute Gasteiger partial charge is 0.416 e. The third kappa shape index (κ3) is 5.74. The molecule has 0 saturated heterocycles. The van der Waals surface area contributed by atoms with Gasteiger partial charge < -0.3 is 26.1 Å². The molecule has 0 radical (unpaired) electrons. The lowest BCUT2D eigenvalue weighted by Gasteiger charge is -2.19. The SMILES string of the molecule is CN=CC(=CN)Nc1nccc(-c2ccc3c(c2)CNCC[C@H]3NC(=O)c2nnc(C(C)(C)C)o2)n1. The number of benzene rings is 1. The highest BCUT2D eigenvalue weighted by atomic mass is 16.4. The Bertz CT molecular complexity index is 1290. The van der Waals surface area contributed by atoms with Gasteiger partial charge in [-0.05, 0) is 36.2 Å². The Morgan fingerprint density at radius 2 is 2.11 bits per heavy atom. The molecule has 1 atom stereocenters.